The van der Waals surface area contributed by atoms with Gasteiger partial charge in [-0.15, -0.1) is 11.3 Å². The summed E-state index contributed by atoms with van der Waals surface area (Å²) < 4.78 is 6.35. The third-order valence-electron chi connectivity index (χ3n) is 8.04. The summed E-state index contributed by atoms with van der Waals surface area (Å²) in [4.78, 5) is 21.8. The molecule has 2 aliphatic carbocycles. The first kappa shape index (κ1) is 22.1. The van der Waals surface area contributed by atoms with E-state index in [4.69, 9.17) is 4.74 Å². The molecule has 1 aliphatic heterocycles. The fourth-order valence-corrected chi connectivity index (χ4v) is 6.56. The molecule has 0 aromatic carbocycles. The van der Waals surface area contributed by atoms with Gasteiger partial charge in [0.1, 0.15) is 5.82 Å². The highest BCUT2D eigenvalue weighted by atomic mass is 32.1. The van der Waals surface area contributed by atoms with Gasteiger partial charge in [0.2, 0.25) is 5.91 Å². The van der Waals surface area contributed by atoms with Crippen molar-refractivity contribution in [3.05, 3.63) is 23.7 Å². The molecular formula is C25H36N4O2S. The monoisotopic (exact) mass is 456 g/mol. The lowest BCUT2D eigenvalue weighted by atomic mass is 9.78. The van der Waals surface area contributed by atoms with Crippen molar-refractivity contribution in [1.82, 2.24) is 15.2 Å². The van der Waals surface area contributed by atoms with Crippen LogP contribution in [0.2, 0.25) is 0 Å². The van der Waals surface area contributed by atoms with Crippen molar-refractivity contribution in [3.63, 3.8) is 0 Å². The number of ether oxygens (including phenoxy) is 1. The van der Waals surface area contributed by atoms with Gasteiger partial charge in [-0.1, -0.05) is 0 Å². The van der Waals surface area contributed by atoms with Crippen LogP contribution in [0, 0.1) is 11.3 Å². The van der Waals surface area contributed by atoms with E-state index in [-0.39, 0.29) is 5.91 Å². The number of carbonyl (C=O) groups is 1. The molecule has 1 spiro atoms. The van der Waals surface area contributed by atoms with E-state index < -0.39 is 0 Å². The number of amides is 1. The van der Waals surface area contributed by atoms with Crippen molar-refractivity contribution in [2.24, 2.45) is 11.3 Å². The Morgan fingerprint density at radius 2 is 2.06 bits per heavy atom. The van der Waals surface area contributed by atoms with Crippen LogP contribution < -0.4 is 10.2 Å². The summed E-state index contributed by atoms with van der Waals surface area (Å²) in [6.45, 7) is 6.14. The van der Waals surface area contributed by atoms with Gasteiger partial charge >= 0.3 is 0 Å². The minimum Gasteiger partial charge on any atom is -0.384 e. The number of nitrogens with zero attached hydrogens (tertiary/aromatic N) is 3. The number of thiophene rings is 1. The van der Waals surface area contributed by atoms with E-state index in [9.17, 15) is 4.79 Å². The minimum atomic E-state index is 0.153. The zero-order valence-corrected chi connectivity index (χ0v) is 20.0. The van der Waals surface area contributed by atoms with Gasteiger partial charge in [-0.05, 0) is 73.9 Å². The fourth-order valence-electron chi connectivity index (χ4n) is 5.79. The number of aromatic nitrogens is 1. The average molecular weight is 457 g/mol. The number of nitrogens with one attached hydrogen (secondary N) is 1. The Labute approximate surface area is 195 Å². The molecule has 0 unspecified atom stereocenters. The molecule has 3 fully saturated rings. The van der Waals surface area contributed by atoms with Crippen molar-refractivity contribution >= 4 is 33.1 Å². The number of pyridine rings is 1. The zero-order valence-electron chi connectivity index (χ0n) is 19.2. The Morgan fingerprint density at radius 1 is 1.25 bits per heavy atom. The second kappa shape index (κ2) is 9.65. The van der Waals surface area contributed by atoms with Gasteiger partial charge in [0, 0.05) is 62.0 Å². The number of anilines is 1. The van der Waals surface area contributed by atoms with Crippen LogP contribution in [0.25, 0.3) is 10.1 Å². The molecule has 32 heavy (non-hydrogen) atoms. The summed E-state index contributed by atoms with van der Waals surface area (Å²) >= 11 is 1.80. The van der Waals surface area contributed by atoms with Crippen LogP contribution in [0.1, 0.15) is 44.9 Å². The smallest absolute Gasteiger partial charge is 0.222 e. The molecule has 0 radical (unpaired) electrons. The lowest BCUT2D eigenvalue weighted by Crippen LogP contribution is -2.47. The van der Waals surface area contributed by atoms with E-state index in [1.54, 1.807) is 18.4 Å². The van der Waals surface area contributed by atoms with Crippen LogP contribution in [0.4, 0.5) is 5.82 Å². The summed E-state index contributed by atoms with van der Waals surface area (Å²) in [5.41, 5.74) is 0.417. The molecule has 174 valence electrons. The number of hydrogen-bond donors (Lipinski definition) is 1. The maximum Gasteiger partial charge on any atom is 0.222 e. The molecule has 7 heteroatoms. The quantitative estimate of drug-likeness (QED) is 0.653. The maximum atomic E-state index is 12.0. The van der Waals surface area contributed by atoms with Crippen molar-refractivity contribution in [1.29, 1.82) is 0 Å². The first-order valence-electron chi connectivity index (χ1n) is 12.2. The fraction of sp³-hybridized carbons (Fsp3) is 0.680. The Morgan fingerprint density at radius 3 is 2.84 bits per heavy atom. The van der Waals surface area contributed by atoms with E-state index in [0.717, 1.165) is 37.9 Å². The molecule has 1 atom stereocenters. The average Bonchev–Trinajstić information content (AvgIpc) is 3.24. The number of piperazine rings is 1. The van der Waals surface area contributed by atoms with Gasteiger partial charge in [-0.2, -0.15) is 0 Å². The molecule has 2 aromatic heterocycles. The predicted octanol–water partition coefficient (Wildman–Crippen LogP) is 3.91. The Balaban J connectivity index is 1.02. The number of carbonyl (C=O) groups excluding carboxylic acids is 1. The van der Waals surface area contributed by atoms with E-state index in [2.05, 4.69) is 37.6 Å². The number of methoxy groups -OCH3 is 1. The predicted molar refractivity (Wildman–Crippen MR) is 130 cm³/mol. The third kappa shape index (κ3) is 4.80. The molecule has 1 N–H and O–H groups in total. The molecule has 2 aromatic rings. The highest BCUT2D eigenvalue weighted by molar-refractivity contribution is 7.17. The molecule has 0 bridgehead atoms. The summed E-state index contributed by atoms with van der Waals surface area (Å²) in [6, 6.07) is 4.75. The summed E-state index contributed by atoms with van der Waals surface area (Å²) in [6.07, 6.45) is 10.2. The largest absolute Gasteiger partial charge is 0.384 e. The van der Waals surface area contributed by atoms with Crippen molar-refractivity contribution < 1.29 is 9.53 Å². The normalized spacial score (nSPS) is 28.3. The van der Waals surface area contributed by atoms with Gasteiger partial charge in [0.25, 0.3) is 0 Å². The molecule has 6 nitrogen and oxygen atoms in total. The molecule has 3 heterocycles. The number of hydrogen-bond acceptors (Lipinski definition) is 6. The van der Waals surface area contributed by atoms with E-state index >= 15 is 0 Å². The van der Waals surface area contributed by atoms with Gasteiger partial charge in [0.05, 0.1) is 6.61 Å². The first-order valence-corrected chi connectivity index (χ1v) is 13.1. The van der Waals surface area contributed by atoms with Crippen LogP contribution in [0.15, 0.2) is 23.7 Å². The van der Waals surface area contributed by atoms with Crippen LogP contribution in [-0.2, 0) is 9.53 Å². The molecule has 1 amide bonds. The highest BCUT2D eigenvalue weighted by Gasteiger charge is 2.55. The van der Waals surface area contributed by atoms with Gasteiger partial charge in [-0.25, -0.2) is 4.98 Å². The van der Waals surface area contributed by atoms with Crippen LogP contribution in [0.3, 0.4) is 0 Å². The van der Waals surface area contributed by atoms with Crippen molar-refractivity contribution in [2.45, 2.75) is 51.0 Å². The minimum absolute atomic E-state index is 0.153. The zero-order chi connectivity index (χ0) is 22.0. The molecular weight excluding hydrogens is 420 g/mol. The summed E-state index contributed by atoms with van der Waals surface area (Å²) in [5.74, 6) is 2.17. The summed E-state index contributed by atoms with van der Waals surface area (Å²) in [7, 11) is 1.65. The van der Waals surface area contributed by atoms with Crippen LogP contribution in [0.5, 0.6) is 0 Å². The number of rotatable bonds is 8. The Bertz CT molecular complexity index is 916. The van der Waals surface area contributed by atoms with E-state index in [1.807, 2.05) is 6.20 Å². The van der Waals surface area contributed by atoms with Gasteiger partial charge in [-0.3, -0.25) is 9.69 Å². The Hall–Kier alpha value is -1.70. The lowest BCUT2D eigenvalue weighted by molar-refractivity contribution is -0.122. The standard InChI is InChI=1S/C25H36N4O2S/c1-31-16-6-23(30)27-22-18-25(22)8-2-19(3-9-25)5-11-28-12-14-29(15-13-28)24-20-7-17-32-21(20)4-10-26-24/h4,7,10,17,19,22H,2-3,5-6,8-9,11-16,18H2,1H3,(H,27,30)/t19?,22-,25?/m0/s1. The number of fused-ring (bicyclic) bond motifs is 1. The summed E-state index contributed by atoms with van der Waals surface area (Å²) in [5, 5.41) is 6.71. The Kier molecular flexibility index (Phi) is 6.67. The molecule has 3 aliphatic rings. The third-order valence-corrected chi connectivity index (χ3v) is 8.93. The van der Waals surface area contributed by atoms with Gasteiger partial charge in [0.15, 0.2) is 0 Å². The second-order valence-corrected chi connectivity index (χ2v) is 10.9. The van der Waals surface area contributed by atoms with E-state index in [0.29, 0.717) is 24.5 Å². The second-order valence-electron chi connectivity index (χ2n) is 9.96. The van der Waals surface area contributed by atoms with Crippen LogP contribution >= 0.6 is 11.3 Å². The topological polar surface area (TPSA) is 57.7 Å². The van der Waals surface area contributed by atoms with Crippen LogP contribution in [-0.4, -0.2) is 68.3 Å². The van der Waals surface area contributed by atoms with Gasteiger partial charge < -0.3 is 15.0 Å². The molecule has 5 rings (SSSR count). The van der Waals surface area contributed by atoms with Crippen molar-refractivity contribution in [3.8, 4) is 0 Å². The van der Waals surface area contributed by atoms with Crippen molar-refractivity contribution in [2.75, 3.05) is 51.3 Å². The van der Waals surface area contributed by atoms with E-state index in [1.165, 1.54) is 55.2 Å². The molecule has 1 saturated heterocycles. The first-order chi connectivity index (χ1) is 15.7. The SMILES string of the molecule is COCCC(=O)N[C@H]1CC12CCC(CCN1CCN(c3nccc4sccc34)CC1)CC2. The lowest BCUT2D eigenvalue weighted by Gasteiger charge is -2.37. The molecule has 2 saturated carbocycles. The maximum absolute atomic E-state index is 12.0. The highest BCUT2D eigenvalue weighted by Crippen LogP contribution is 2.57.